The van der Waals surface area contributed by atoms with Crippen molar-refractivity contribution in [2.24, 2.45) is 0 Å². The maximum atomic E-state index is 12.2. The number of carbonyl (C=O) groups is 3. The first-order valence-electron chi connectivity index (χ1n) is 8.52. The number of nitrogens with zero attached hydrogens (tertiary/aromatic N) is 1. The average molecular weight is 371 g/mol. The van der Waals surface area contributed by atoms with Gasteiger partial charge in [0.1, 0.15) is 0 Å². The number of carbonyl (C=O) groups excluding carboxylic acids is 3. The number of hydrogen-bond donors (Lipinski definition) is 1. The summed E-state index contributed by atoms with van der Waals surface area (Å²) in [4.78, 5) is 37.6. The van der Waals surface area contributed by atoms with Gasteiger partial charge in [-0.25, -0.2) is 0 Å². The number of hydrogen-bond acceptors (Lipinski definition) is 3. The molecule has 0 atom stereocenters. The first kappa shape index (κ1) is 18.1. The van der Waals surface area contributed by atoms with Crippen LogP contribution in [-0.4, -0.2) is 35.7 Å². The Kier molecular flexibility index (Phi) is 5.68. The smallest absolute Gasteiger partial charge is 0.261 e. The molecule has 0 spiro atoms. The second-order valence-electron chi connectivity index (χ2n) is 6.14. The molecule has 26 heavy (non-hydrogen) atoms. The van der Waals surface area contributed by atoms with Crippen LogP contribution in [0, 0.1) is 0 Å². The Hall–Kier alpha value is -2.66. The highest BCUT2D eigenvalue weighted by atomic mass is 35.5. The molecule has 0 aliphatic carbocycles. The fourth-order valence-electron chi connectivity index (χ4n) is 2.97. The SMILES string of the molecule is O=C(CCCN1C(=O)c2ccccc2C1=O)NCCc1cccc(Cl)c1. The summed E-state index contributed by atoms with van der Waals surface area (Å²) < 4.78 is 0. The maximum absolute atomic E-state index is 12.2. The summed E-state index contributed by atoms with van der Waals surface area (Å²) in [6, 6.07) is 14.3. The number of nitrogens with one attached hydrogen (secondary N) is 1. The highest BCUT2D eigenvalue weighted by Gasteiger charge is 2.34. The van der Waals surface area contributed by atoms with Crippen LogP contribution in [0.2, 0.25) is 5.02 Å². The van der Waals surface area contributed by atoms with Gasteiger partial charge in [0, 0.05) is 24.5 Å². The molecule has 1 heterocycles. The van der Waals surface area contributed by atoms with E-state index in [-0.39, 0.29) is 30.7 Å². The van der Waals surface area contributed by atoms with Crippen molar-refractivity contribution in [3.8, 4) is 0 Å². The Morgan fingerprint density at radius 2 is 1.69 bits per heavy atom. The van der Waals surface area contributed by atoms with Crippen LogP contribution in [-0.2, 0) is 11.2 Å². The van der Waals surface area contributed by atoms with Gasteiger partial charge in [0.25, 0.3) is 11.8 Å². The summed E-state index contributed by atoms with van der Waals surface area (Å²) in [5.41, 5.74) is 1.93. The first-order valence-corrected chi connectivity index (χ1v) is 8.90. The molecule has 2 aromatic rings. The number of fused-ring (bicyclic) bond motifs is 1. The summed E-state index contributed by atoms with van der Waals surface area (Å²) in [5, 5.41) is 3.52. The van der Waals surface area contributed by atoms with Gasteiger partial charge in [0.2, 0.25) is 5.91 Å². The molecular weight excluding hydrogens is 352 g/mol. The van der Waals surface area contributed by atoms with Crippen molar-refractivity contribution in [3.63, 3.8) is 0 Å². The van der Waals surface area contributed by atoms with Crippen molar-refractivity contribution in [2.45, 2.75) is 19.3 Å². The second kappa shape index (κ2) is 8.15. The molecule has 0 bridgehead atoms. The largest absolute Gasteiger partial charge is 0.356 e. The molecule has 1 aliphatic heterocycles. The van der Waals surface area contributed by atoms with E-state index in [0.29, 0.717) is 35.5 Å². The van der Waals surface area contributed by atoms with E-state index < -0.39 is 0 Å². The van der Waals surface area contributed by atoms with E-state index in [0.717, 1.165) is 5.56 Å². The van der Waals surface area contributed by atoms with Crippen molar-refractivity contribution < 1.29 is 14.4 Å². The van der Waals surface area contributed by atoms with Gasteiger partial charge in [0.05, 0.1) is 11.1 Å². The number of amides is 3. The van der Waals surface area contributed by atoms with Crippen LogP contribution in [0.4, 0.5) is 0 Å². The van der Waals surface area contributed by atoms with Gasteiger partial charge in [-0.2, -0.15) is 0 Å². The lowest BCUT2D eigenvalue weighted by molar-refractivity contribution is -0.121. The second-order valence-corrected chi connectivity index (χ2v) is 6.58. The van der Waals surface area contributed by atoms with Gasteiger partial charge in [-0.15, -0.1) is 0 Å². The zero-order valence-corrected chi connectivity index (χ0v) is 15.0. The third-order valence-electron chi connectivity index (χ3n) is 4.29. The normalized spacial score (nSPS) is 13.0. The molecule has 0 unspecified atom stereocenters. The zero-order valence-electron chi connectivity index (χ0n) is 14.2. The van der Waals surface area contributed by atoms with Crippen molar-refractivity contribution in [3.05, 3.63) is 70.2 Å². The topological polar surface area (TPSA) is 66.5 Å². The quantitative estimate of drug-likeness (QED) is 0.762. The van der Waals surface area contributed by atoms with Crippen LogP contribution < -0.4 is 5.32 Å². The predicted molar refractivity (Wildman–Crippen MR) is 99.2 cm³/mol. The summed E-state index contributed by atoms with van der Waals surface area (Å²) >= 11 is 5.93. The van der Waals surface area contributed by atoms with Crippen LogP contribution in [0.1, 0.15) is 39.1 Å². The van der Waals surface area contributed by atoms with Crippen LogP contribution >= 0.6 is 11.6 Å². The van der Waals surface area contributed by atoms with E-state index in [2.05, 4.69) is 5.32 Å². The van der Waals surface area contributed by atoms with E-state index in [1.54, 1.807) is 24.3 Å². The van der Waals surface area contributed by atoms with E-state index in [9.17, 15) is 14.4 Å². The number of benzene rings is 2. The molecule has 3 rings (SSSR count). The van der Waals surface area contributed by atoms with Gasteiger partial charge in [-0.05, 0) is 42.7 Å². The predicted octanol–water partition coefficient (Wildman–Crippen LogP) is 3.08. The summed E-state index contributed by atoms with van der Waals surface area (Å²) in [7, 11) is 0. The van der Waals surface area contributed by atoms with Gasteiger partial charge >= 0.3 is 0 Å². The zero-order chi connectivity index (χ0) is 18.5. The minimum atomic E-state index is -0.285. The molecule has 5 nitrogen and oxygen atoms in total. The molecule has 0 saturated heterocycles. The molecule has 134 valence electrons. The van der Waals surface area contributed by atoms with Crippen molar-refractivity contribution in [1.29, 1.82) is 0 Å². The van der Waals surface area contributed by atoms with Crippen molar-refractivity contribution in [1.82, 2.24) is 10.2 Å². The monoisotopic (exact) mass is 370 g/mol. The number of rotatable bonds is 7. The lowest BCUT2D eigenvalue weighted by atomic mass is 10.1. The Morgan fingerprint density at radius 3 is 2.35 bits per heavy atom. The van der Waals surface area contributed by atoms with Crippen LogP contribution in [0.5, 0.6) is 0 Å². The summed E-state index contributed by atoms with van der Waals surface area (Å²) in [6.45, 7) is 0.764. The number of imide groups is 1. The van der Waals surface area contributed by atoms with E-state index >= 15 is 0 Å². The fourth-order valence-corrected chi connectivity index (χ4v) is 3.18. The summed E-state index contributed by atoms with van der Waals surface area (Å²) in [6.07, 6.45) is 1.40. The molecule has 0 saturated carbocycles. The molecular formula is C20H19ClN2O3. The van der Waals surface area contributed by atoms with E-state index in [4.69, 9.17) is 11.6 Å². The average Bonchev–Trinajstić information content (AvgIpc) is 2.87. The molecule has 6 heteroatoms. The Balaban J connectivity index is 1.40. The molecule has 1 N–H and O–H groups in total. The molecule has 0 aromatic heterocycles. The Bertz CT molecular complexity index is 815. The first-order chi connectivity index (χ1) is 12.6. The molecule has 2 aromatic carbocycles. The molecule has 0 radical (unpaired) electrons. The van der Waals surface area contributed by atoms with Crippen molar-refractivity contribution in [2.75, 3.05) is 13.1 Å². The molecule has 0 fully saturated rings. The lowest BCUT2D eigenvalue weighted by Crippen LogP contribution is -2.32. The van der Waals surface area contributed by atoms with Crippen LogP contribution in [0.15, 0.2) is 48.5 Å². The highest BCUT2D eigenvalue weighted by Crippen LogP contribution is 2.22. The van der Waals surface area contributed by atoms with Crippen molar-refractivity contribution >= 4 is 29.3 Å². The van der Waals surface area contributed by atoms with Crippen LogP contribution in [0.3, 0.4) is 0 Å². The third-order valence-corrected chi connectivity index (χ3v) is 4.52. The van der Waals surface area contributed by atoms with E-state index in [1.165, 1.54) is 4.90 Å². The minimum absolute atomic E-state index is 0.0939. The lowest BCUT2D eigenvalue weighted by Gasteiger charge is -2.13. The van der Waals surface area contributed by atoms with Gasteiger partial charge in [0.15, 0.2) is 0 Å². The van der Waals surface area contributed by atoms with Gasteiger partial charge in [-0.3, -0.25) is 19.3 Å². The van der Waals surface area contributed by atoms with Crippen LogP contribution in [0.25, 0.3) is 0 Å². The highest BCUT2D eigenvalue weighted by molar-refractivity contribution is 6.30. The van der Waals surface area contributed by atoms with E-state index in [1.807, 2.05) is 24.3 Å². The Morgan fingerprint density at radius 1 is 1.00 bits per heavy atom. The fraction of sp³-hybridized carbons (Fsp3) is 0.250. The molecule has 1 aliphatic rings. The Labute approximate surface area is 156 Å². The summed E-state index contributed by atoms with van der Waals surface area (Å²) in [5.74, 6) is -0.664. The van der Waals surface area contributed by atoms with Gasteiger partial charge in [-0.1, -0.05) is 35.9 Å². The standard InChI is InChI=1S/C20H19ClN2O3/c21-15-6-3-5-14(13-15)10-11-22-18(24)9-4-12-23-19(25)16-7-1-2-8-17(16)20(23)26/h1-3,5-8,13H,4,9-12H2,(H,22,24). The van der Waals surface area contributed by atoms with Gasteiger partial charge < -0.3 is 5.32 Å². The molecule has 3 amide bonds. The third kappa shape index (κ3) is 4.11. The maximum Gasteiger partial charge on any atom is 0.261 e. The number of halogens is 1. The minimum Gasteiger partial charge on any atom is -0.356 e.